The van der Waals surface area contributed by atoms with Gasteiger partial charge in [-0.25, -0.2) is 0 Å². The van der Waals surface area contributed by atoms with Crippen molar-refractivity contribution in [3.8, 4) is 11.5 Å². The third-order valence-corrected chi connectivity index (χ3v) is 9.44. The van der Waals surface area contributed by atoms with Crippen molar-refractivity contribution in [2.24, 2.45) is 11.8 Å². The zero-order chi connectivity index (χ0) is 31.7. The molecule has 3 fully saturated rings. The van der Waals surface area contributed by atoms with Gasteiger partial charge in [-0.2, -0.15) is 0 Å². The van der Waals surface area contributed by atoms with Crippen LogP contribution in [0.25, 0.3) is 0 Å². The van der Waals surface area contributed by atoms with E-state index in [0.29, 0.717) is 49.8 Å². The molecule has 2 N–H and O–H groups in total. The van der Waals surface area contributed by atoms with Crippen LogP contribution in [0.4, 0.5) is 0 Å². The number of methoxy groups -OCH3 is 2. The number of carbonyl (C=O) groups is 3. The summed E-state index contributed by atoms with van der Waals surface area (Å²) in [5.41, 5.74) is 0.141. The normalized spacial score (nSPS) is 21.1. The molecule has 0 spiro atoms. The van der Waals surface area contributed by atoms with Crippen LogP contribution in [0.2, 0.25) is 0 Å². The number of carbonyl (C=O) groups excluding carboxylic acids is 3. The largest absolute Gasteiger partial charge is 0.493 e. The molecule has 4 rings (SSSR count). The van der Waals surface area contributed by atoms with Gasteiger partial charge in [0.2, 0.25) is 11.8 Å². The van der Waals surface area contributed by atoms with E-state index in [1.54, 1.807) is 39.3 Å². The molecule has 1 aromatic carbocycles. The minimum absolute atomic E-state index is 0.00176. The lowest BCUT2D eigenvalue weighted by atomic mass is 9.78. The summed E-state index contributed by atoms with van der Waals surface area (Å²) in [4.78, 5) is 43.9. The van der Waals surface area contributed by atoms with Crippen molar-refractivity contribution in [1.29, 1.82) is 0 Å². The summed E-state index contributed by atoms with van der Waals surface area (Å²) < 4.78 is 16.5. The van der Waals surface area contributed by atoms with E-state index >= 15 is 0 Å². The predicted octanol–water partition coefficient (Wildman–Crippen LogP) is 4.02. The molecule has 0 aromatic heterocycles. The molecule has 1 aromatic rings. The van der Waals surface area contributed by atoms with Crippen molar-refractivity contribution < 1.29 is 28.6 Å². The van der Waals surface area contributed by atoms with E-state index in [9.17, 15) is 14.4 Å². The van der Waals surface area contributed by atoms with Crippen LogP contribution in [0.1, 0.15) is 88.9 Å². The maximum Gasteiger partial charge on any atom is 0.254 e. The molecular formula is C34H54N4O6. The number of hydrogen-bond donors (Lipinski definition) is 2. The van der Waals surface area contributed by atoms with E-state index in [4.69, 9.17) is 14.2 Å². The van der Waals surface area contributed by atoms with Crippen molar-refractivity contribution in [2.75, 3.05) is 53.6 Å². The number of rotatable bonds is 16. The Morgan fingerprint density at radius 1 is 1.00 bits per heavy atom. The molecule has 2 atom stereocenters. The quantitative estimate of drug-likeness (QED) is 0.271. The first-order chi connectivity index (χ1) is 21.2. The molecular weight excluding hydrogens is 560 g/mol. The van der Waals surface area contributed by atoms with Crippen LogP contribution in [0.15, 0.2) is 18.2 Å². The fourth-order valence-corrected chi connectivity index (χ4v) is 6.90. The molecule has 2 saturated carbocycles. The second-order valence-corrected chi connectivity index (χ2v) is 13.3. The predicted molar refractivity (Wildman–Crippen MR) is 170 cm³/mol. The number of benzene rings is 1. The van der Waals surface area contributed by atoms with Gasteiger partial charge in [-0.15, -0.1) is 0 Å². The van der Waals surface area contributed by atoms with Gasteiger partial charge in [-0.3, -0.25) is 14.4 Å². The van der Waals surface area contributed by atoms with Gasteiger partial charge in [-0.05, 0) is 69.6 Å². The number of amides is 3. The van der Waals surface area contributed by atoms with Crippen LogP contribution in [0, 0.1) is 11.8 Å². The fraction of sp³-hybridized carbons (Fsp3) is 0.735. The highest BCUT2D eigenvalue weighted by Crippen LogP contribution is 2.36. The van der Waals surface area contributed by atoms with Crippen LogP contribution < -0.4 is 20.1 Å². The third kappa shape index (κ3) is 9.10. The van der Waals surface area contributed by atoms with Gasteiger partial charge in [0.15, 0.2) is 11.5 Å². The number of nitrogens with zero attached hydrogens (tertiary/aromatic N) is 2. The van der Waals surface area contributed by atoms with E-state index in [1.807, 2.05) is 18.7 Å². The molecule has 2 unspecified atom stereocenters. The van der Waals surface area contributed by atoms with Crippen LogP contribution in [0.3, 0.4) is 0 Å². The van der Waals surface area contributed by atoms with E-state index in [1.165, 1.54) is 0 Å². The smallest absolute Gasteiger partial charge is 0.254 e. The monoisotopic (exact) mass is 614 g/mol. The summed E-state index contributed by atoms with van der Waals surface area (Å²) in [7, 11) is 3.25. The highest BCUT2D eigenvalue weighted by Gasteiger charge is 2.42. The number of ether oxygens (including phenoxy) is 3. The Balaban J connectivity index is 1.44. The highest BCUT2D eigenvalue weighted by atomic mass is 16.5. The van der Waals surface area contributed by atoms with Crippen LogP contribution in [-0.2, 0) is 14.3 Å². The Morgan fingerprint density at radius 2 is 1.70 bits per heavy atom. The number of nitrogens with one attached hydrogen (secondary N) is 2. The molecule has 3 aliphatic rings. The maximum atomic E-state index is 13.9. The lowest BCUT2D eigenvalue weighted by Gasteiger charge is -2.39. The Kier molecular flexibility index (Phi) is 12.3. The van der Waals surface area contributed by atoms with Gasteiger partial charge in [0.05, 0.1) is 13.7 Å². The first kappa shape index (κ1) is 34.0. The van der Waals surface area contributed by atoms with Gasteiger partial charge < -0.3 is 34.6 Å². The van der Waals surface area contributed by atoms with Gasteiger partial charge in [0, 0.05) is 82.8 Å². The van der Waals surface area contributed by atoms with Gasteiger partial charge in [0.25, 0.3) is 5.91 Å². The molecule has 2 aliphatic carbocycles. The molecule has 246 valence electrons. The molecule has 3 amide bonds. The Morgan fingerprint density at radius 3 is 2.32 bits per heavy atom. The first-order valence-electron chi connectivity index (χ1n) is 16.6. The fourth-order valence-electron chi connectivity index (χ4n) is 6.90. The SMILES string of the molecule is COCCCOc1cc(C(=O)N(CC2CNCC2CN(C(=O)CC2(NC(C)=O)CCCCC2)C2CC2)C(C)C)ccc1OC. The lowest BCUT2D eigenvalue weighted by Crippen LogP contribution is -2.53. The van der Waals surface area contributed by atoms with Crippen molar-refractivity contribution in [3.63, 3.8) is 0 Å². The summed E-state index contributed by atoms with van der Waals surface area (Å²) in [5.74, 6) is 1.66. The topological polar surface area (TPSA) is 109 Å². The third-order valence-electron chi connectivity index (χ3n) is 9.44. The van der Waals surface area contributed by atoms with Crippen LogP contribution in [-0.4, -0.2) is 98.8 Å². The zero-order valence-electron chi connectivity index (χ0n) is 27.5. The summed E-state index contributed by atoms with van der Waals surface area (Å²) in [6, 6.07) is 5.65. The molecule has 1 saturated heterocycles. The highest BCUT2D eigenvalue weighted by molar-refractivity contribution is 5.95. The number of hydrogen-bond acceptors (Lipinski definition) is 7. The molecule has 44 heavy (non-hydrogen) atoms. The minimum Gasteiger partial charge on any atom is -0.493 e. The summed E-state index contributed by atoms with van der Waals surface area (Å²) >= 11 is 0. The van der Waals surface area contributed by atoms with Crippen molar-refractivity contribution >= 4 is 17.7 Å². The average Bonchev–Trinajstić information content (AvgIpc) is 3.74. The summed E-state index contributed by atoms with van der Waals surface area (Å²) in [5, 5.41) is 6.71. The molecule has 1 heterocycles. The molecule has 10 heteroatoms. The Bertz CT molecular complexity index is 1120. The molecule has 0 radical (unpaired) electrons. The second-order valence-electron chi connectivity index (χ2n) is 13.3. The van der Waals surface area contributed by atoms with Gasteiger partial charge >= 0.3 is 0 Å². The van der Waals surface area contributed by atoms with E-state index in [2.05, 4.69) is 15.5 Å². The average molecular weight is 615 g/mol. The van der Waals surface area contributed by atoms with Crippen molar-refractivity contribution in [1.82, 2.24) is 20.4 Å². The lowest BCUT2D eigenvalue weighted by molar-refractivity contribution is -0.135. The van der Waals surface area contributed by atoms with Gasteiger partial charge in [-0.1, -0.05) is 19.3 Å². The molecule has 10 nitrogen and oxygen atoms in total. The molecule has 0 bridgehead atoms. The van der Waals surface area contributed by atoms with Crippen LogP contribution in [0.5, 0.6) is 11.5 Å². The van der Waals surface area contributed by atoms with Crippen LogP contribution >= 0.6 is 0 Å². The first-order valence-corrected chi connectivity index (χ1v) is 16.6. The summed E-state index contributed by atoms with van der Waals surface area (Å²) in [6.07, 6.45) is 8.14. The minimum atomic E-state index is -0.423. The zero-order valence-corrected chi connectivity index (χ0v) is 27.5. The van der Waals surface area contributed by atoms with Crippen molar-refractivity contribution in [2.45, 2.75) is 96.2 Å². The second kappa shape index (κ2) is 15.9. The molecule has 1 aliphatic heterocycles. The van der Waals surface area contributed by atoms with E-state index in [-0.39, 0.29) is 41.6 Å². The summed E-state index contributed by atoms with van der Waals surface area (Å²) in [6.45, 7) is 9.62. The Labute approximate surface area is 263 Å². The van der Waals surface area contributed by atoms with E-state index < -0.39 is 5.54 Å². The standard InChI is InChI=1S/C34H54N4O6/c1-24(2)37(33(41)26-10-13-30(43-5)31(18-26)44-17-9-16-42-4)22-27-20-35-21-28(27)23-38(29-11-12-29)32(40)19-34(36-25(3)39)14-7-6-8-15-34/h10,13,18,24,27-29,35H,6-9,11-12,14-17,19-23H2,1-5H3,(H,36,39). The van der Waals surface area contributed by atoms with E-state index in [0.717, 1.165) is 64.5 Å². The maximum absolute atomic E-state index is 13.9. The van der Waals surface area contributed by atoms with Gasteiger partial charge in [0.1, 0.15) is 0 Å². The van der Waals surface area contributed by atoms with Crippen molar-refractivity contribution in [3.05, 3.63) is 23.8 Å². The Hall–Kier alpha value is -2.85.